The summed E-state index contributed by atoms with van der Waals surface area (Å²) in [6, 6.07) is 16.4. The van der Waals surface area contributed by atoms with Crippen molar-refractivity contribution in [3.63, 3.8) is 0 Å². The SMILES string of the molecule is CC(=O)c1ccc(-c2ccc3[nH]nc(-c4cn(-c5ccc6c(c5)CNCC6)nn4)c3c2)s1. The van der Waals surface area contributed by atoms with Crippen LogP contribution in [0.1, 0.15) is 27.7 Å². The van der Waals surface area contributed by atoms with Gasteiger partial charge in [0, 0.05) is 16.8 Å². The number of aromatic amines is 1. The van der Waals surface area contributed by atoms with Crippen LogP contribution in [0.4, 0.5) is 0 Å². The van der Waals surface area contributed by atoms with Crippen molar-refractivity contribution in [3.05, 3.63) is 70.7 Å². The van der Waals surface area contributed by atoms with Crippen molar-refractivity contribution in [2.75, 3.05) is 6.54 Å². The number of benzene rings is 2. The van der Waals surface area contributed by atoms with Crippen LogP contribution in [0.3, 0.4) is 0 Å². The van der Waals surface area contributed by atoms with Crippen LogP contribution in [0.25, 0.3) is 38.4 Å². The summed E-state index contributed by atoms with van der Waals surface area (Å²) in [6.45, 7) is 3.50. The highest BCUT2D eigenvalue weighted by molar-refractivity contribution is 7.17. The van der Waals surface area contributed by atoms with Gasteiger partial charge in [0.05, 0.1) is 22.3 Å². The van der Waals surface area contributed by atoms with E-state index in [0.717, 1.165) is 57.1 Å². The average Bonchev–Trinajstić information content (AvgIpc) is 3.57. The molecule has 0 atom stereocenters. The molecule has 5 aromatic rings. The fourth-order valence-electron chi connectivity index (χ4n) is 4.15. The number of thiophene rings is 1. The molecule has 0 bridgehead atoms. The molecule has 4 heterocycles. The second kappa shape index (κ2) is 7.51. The van der Waals surface area contributed by atoms with E-state index < -0.39 is 0 Å². The predicted molar refractivity (Wildman–Crippen MR) is 125 cm³/mol. The standard InChI is InChI=1S/C24H20N6OS/c1-14(31)22-6-7-23(32-22)16-3-5-20-19(11-16)24(28-26-20)21-13-30(29-27-21)18-4-2-15-8-9-25-12-17(15)10-18/h2-7,10-11,13,25H,8-9,12H2,1H3,(H,26,28). The summed E-state index contributed by atoms with van der Waals surface area (Å²) >= 11 is 1.50. The molecule has 7 nitrogen and oxygen atoms in total. The minimum absolute atomic E-state index is 0.0842. The lowest BCUT2D eigenvalue weighted by Crippen LogP contribution is -2.23. The number of H-pyrrole nitrogens is 1. The fourth-order valence-corrected chi connectivity index (χ4v) is 5.05. The van der Waals surface area contributed by atoms with Crippen molar-refractivity contribution in [2.45, 2.75) is 19.9 Å². The molecular formula is C24H20N6OS. The Hall–Kier alpha value is -3.62. The lowest BCUT2D eigenvalue weighted by atomic mass is 10.0. The first-order chi connectivity index (χ1) is 15.7. The number of carbonyl (C=O) groups is 1. The molecule has 0 radical (unpaired) electrons. The van der Waals surface area contributed by atoms with E-state index in [0.29, 0.717) is 5.69 Å². The zero-order chi connectivity index (χ0) is 21.7. The van der Waals surface area contributed by atoms with E-state index in [9.17, 15) is 4.79 Å². The normalized spacial score (nSPS) is 13.4. The van der Waals surface area contributed by atoms with Crippen LogP contribution in [0.2, 0.25) is 0 Å². The Kier molecular flexibility index (Phi) is 4.48. The summed E-state index contributed by atoms with van der Waals surface area (Å²) in [6.07, 6.45) is 2.97. The number of nitrogens with zero attached hydrogens (tertiary/aromatic N) is 4. The number of fused-ring (bicyclic) bond motifs is 2. The first-order valence-electron chi connectivity index (χ1n) is 10.5. The van der Waals surface area contributed by atoms with Crippen molar-refractivity contribution in [3.8, 4) is 27.5 Å². The largest absolute Gasteiger partial charge is 0.312 e. The molecule has 1 aliphatic heterocycles. The fraction of sp³-hybridized carbons (Fsp3) is 0.167. The van der Waals surface area contributed by atoms with Gasteiger partial charge in [-0.1, -0.05) is 17.3 Å². The predicted octanol–water partition coefficient (Wildman–Crippen LogP) is 4.39. The summed E-state index contributed by atoms with van der Waals surface area (Å²) in [5.41, 5.74) is 7.13. The molecule has 6 rings (SSSR count). The summed E-state index contributed by atoms with van der Waals surface area (Å²) in [5, 5.41) is 20.8. The summed E-state index contributed by atoms with van der Waals surface area (Å²) in [4.78, 5) is 13.5. The molecule has 0 saturated heterocycles. The van der Waals surface area contributed by atoms with Gasteiger partial charge in [-0.25, -0.2) is 4.68 Å². The summed E-state index contributed by atoms with van der Waals surface area (Å²) in [7, 11) is 0. The maximum absolute atomic E-state index is 11.7. The molecule has 0 aliphatic carbocycles. The van der Waals surface area contributed by atoms with E-state index in [1.807, 2.05) is 30.5 Å². The molecular weight excluding hydrogens is 420 g/mol. The van der Waals surface area contributed by atoms with Gasteiger partial charge in [0.15, 0.2) is 5.78 Å². The lowest BCUT2D eigenvalue weighted by Gasteiger charge is -2.17. The highest BCUT2D eigenvalue weighted by atomic mass is 32.1. The van der Waals surface area contributed by atoms with Crippen molar-refractivity contribution in [1.29, 1.82) is 0 Å². The molecule has 0 amide bonds. The number of ketones is 1. The van der Waals surface area contributed by atoms with Crippen LogP contribution in [0.5, 0.6) is 0 Å². The maximum Gasteiger partial charge on any atom is 0.169 e. The van der Waals surface area contributed by atoms with Gasteiger partial charge in [0.1, 0.15) is 11.4 Å². The van der Waals surface area contributed by atoms with Crippen LogP contribution in [0, 0.1) is 0 Å². The lowest BCUT2D eigenvalue weighted by molar-refractivity contribution is 0.102. The second-order valence-corrected chi connectivity index (χ2v) is 9.06. The van der Waals surface area contributed by atoms with E-state index in [1.165, 1.54) is 22.5 Å². The van der Waals surface area contributed by atoms with Crippen LogP contribution in [0.15, 0.2) is 54.7 Å². The number of aromatic nitrogens is 5. The van der Waals surface area contributed by atoms with Crippen molar-refractivity contribution in [1.82, 2.24) is 30.5 Å². The highest BCUT2D eigenvalue weighted by Crippen LogP contribution is 2.33. The van der Waals surface area contributed by atoms with E-state index in [1.54, 1.807) is 11.6 Å². The van der Waals surface area contributed by atoms with Crippen molar-refractivity contribution >= 4 is 28.0 Å². The second-order valence-electron chi connectivity index (χ2n) is 7.98. The quantitative estimate of drug-likeness (QED) is 0.405. The minimum Gasteiger partial charge on any atom is -0.312 e. The Morgan fingerprint density at radius 1 is 1.09 bits per heavy atom. The first kappa shape index (κ1) is 19.1. The van der Waals surface area contributed by atoms with Gasteiger partial charge < -0.3 is 5.32 Å². The topological polar surface area (TPSA) is 88.5 Å². The Morgan fingerprint density at radius 3 is 2.91 bits per heavy atom. The van der Waals surface area contributed by atoms with Crippen molar-refractivity contribution < 1.29 is 4.79 Å². The van der Waals surface area contributed by atoms with E-state index in [2.05, 4.69) is 50.1 Å². The van der Waals surface area contributed by atoms with Gasteiger partial charge >= 0.3 is 0 Å². The molecule has 0 spiro atoms. The Bertz CT molecular complexity index is 1480. The van der Waals surface area contributed by atoms with Gasteiger partial charge in [0.25, 0.3) is 0 Å². The zero-order valence-corrected chi connectivity index (χ0v) is 18.2. The number of carbonyl (C=O) groups excluding carboxylic acids is 1. The van der Waals surface area contributed by atoms with Gasteiger partial charge in [-0.3, -0.25) is 9.89 Å². The van der Waals surface area contributed by atoms with Crippen LogP contribution >= 0.6 is 11.3 Å². The molecule has 32 heavy (non-hydrogen) atoms. The minimum atomic E-state index is 0.0842. The summed E-state index contributed by atoms with van der Waals surface area (Å²) < 4.78 is 1.80. The number of rotatable bonds is 4. The summed E-state index contributed by atoms with van der Waals surface area (Å²) in [5.74, 6) is 0.0842. The van der Waals surface area contributed by atoms with Gasteiger partial charge in [-0.2, -0.15) is 5.10 Å². The highest BCUT2D eigenvalue weighted by Gasteiger charge is 2.16. The molecule has 0 fully saturated rings. The van der Waals surface area contributed by atoms with Gasteiger partial charge in [-0.15, -0.1) is 16.4 Å². The molecule has 8 heteroatoms. The van der Waals surface area contributed by atoms with E-state index in [-0.39, 0.29) is 5.78 Å². The third kappa shape index (κ3) is 3.24. The van der Waals surface area contributed by atoms with Crippen LogP contribution in [-0.2, 0) is 13.0 Å². The molecule has 3 aromatic heterocycles. The molecule has 2 N–H and O–H groups in total. The molecule has 1 aliphatic rings. The Balaban J connectivity index is 1.37. The molecule has 158 valence electrons. The van der Waals surface area contributed by atoms with Crippen LogP contribution in [-0.4, -0.2) is 37.5 Å². The first-order valence-corrected chi connectivity index (χ1v) is 11.3. The number of Topliss-reactive ketones (excluding diaryl/α,β-unsaturated/α-hetero) is 1. The monoisotopic (exact) mass is 440 g/mol. The Morgan fingerprint density at radius 2 is 2.03 bits per heavy atom. The molecule has 2 aromatic carbocycles. The van der Waals surface area contributed by atoms with Crippen molar-refractivity contribution in [2.24, 2.45) is 0 Å². The maximum atomic E-state index is 11.7. The van der Waals surface area contributed by atoms with Gasteiger partial charge in [0.2, 0.25) is 0 Å². The average molecular weight is 441 g/mol. The molecule has 0 unspecified atom stereocenters. The number of hydrogen-bond acceptors (Lipinski definition) is 6. The molecule has 0 saturated carbocycles. The van der Waals surface area contributed by atoms with E-state index in [4.69, 9.17) is 0 Å². The number of nitrogens with one attached hydrogen (secondary N) is 2. The third-order valence-corrected chi connectivity index (χ3v) is 7.11. The van der Waals surface area contributed by atoms with E-state index >= 15 is 0 Å². The zero-order valence-electron chi connectivity index (χ0n) is 17.4. The van der Waals surface area contributed by atoms with Gasteiger partial charge in [-0.05, 0) is 73.0 Å². The van der Waals surface area contributed by atoms with Crippen LogP contribution < -0.4 is 5.32 Å². The third-order valence-electron chi connectivity index (χ3n) is 5.88. The smallest absolute Gasteiger partial charge is 0.169 e. The number of hydrogen-bond donors (Lipinski definition) is 2. The Labute approximate surface area is 188 Å².